The van der Waals surface area contributed by atoms with E-state index in [1.54, 1.807) is 24.3 Å². The van der Waals surface area contributed by atoms with Crippen molar-refractivity contribution >= 4 is 23.7 Å². The maximum absolute atomic E-state index is 12.4. The number of hydrogen-bond acceptors (Lipinski definition) is 4. The molecule has 1 fully saturated rings. The van der Waals surface area contributed by atoms with Crippen molar-refractivity contribution in [2.75, 3.05) is 6.54 Å². The highest BCUT2D eigenvalue weighted by atomic mass is 16.4. The average molecular weight is 330 g/mol. The van der Waals surface area contributed by atoms with Gasteiger partial charge in [-0.3, -0.25) is 19.3 Å². The van der Waals surface area contributed by atoms with Crippen LogP contribution in [0.25, 0.3) is 0 Å². The molecule has 24 heavy (non-hydrogen) atoms. The average Bonchev–Trinajstić information content (AvgIpc) is 3.35. The number of nitrogens with zero attached hydrogens (tertiary/aromatic N) is 2. The quantitative estimate of drug-likeness (QED) is 0.789. The Morgan fingerprint density at radius 1 is 1.21 bits per heavy atom. The molecule has 1 N–H and O–H groups in total. The van der Waals surface area contributed by atoms with E-state index in [9.17, 15) is 19.2 Å². The Kier molecular flexibility index (Phi) is 4.09. The first-order valence-corrected chi connectivity index (χ1v) is 7.91. The van der Waals surface area contributed by atoms with Gasteiger partial charge in [-0.25, -0.2) is 4.79 Å². The van der Waals surface area contributed by atoms with Gasteiger partial charge in [-0.15, -0.1) is 0 Å². The fourth-order valence-corrected chi connectivity index (χ4v) is 2.99. The first kappa shape index (κ1) is 16.2. The van der Waals surface area contributed by atoms with Crippen LogP contribution >= 0.6 is 0 Å². The minimum Gasteiger partial charge on any atom is -0.480 e. The lowest BCUT2D eigenvalue weighted by Gasteiger charge is -2.27. The van der Waals surface area contributed by atoms with Gasteiger partial charge in [-0.1, -0.05) is 12.1 Å². The Morgan fingerprint density at radius 2 is 1.75 bits per heavy atom. The van der Waals surface area contributed by atoms with Crippen LogP contribution in [0.3, 0.4) is 0 Å². The monoisotopic (exact) mass is 330 g/mol. The van der Waals surface area contributed by atoms with Crippen LogP contribution in [0.15, 0.2) is 24.3 Å². The van der Waals surface area contributed by atoms with E-state index in [1.165, 1.54) is 11.8 Å². The number of carboxylic acids is 1. The summed E-state index contributed by atoms with van der Waals surface area (Å²) in [5.74, 6) is -2.22. The summed E-state index contributed by atoms with van der Waals surface area (Å²) in [5.41, 5.74) is 0.681. The van der Waals surface area contributed by atoms with Crippen molar-refractivity contribution < 1.29 is 24.3 Å². The Balaban J connectivity index is 1.67. The maximum atomic E-state index is 12.4. The van der Waals surface area contributed by atoms with Crippen molar-refractivity contribution in [3.05, 3.63) is 35.4 Å². The van der Waals surface area contributed by atoms with Gasteiger partial charge in [0.25, 0.3) is 11.8 Å². The highest BCUT2D eigenvalue weighted by molar-refractivity contribution is 6.21. The second-order valence-electron chi connectivity index (χ2n) is 6.10. The summed E-state index contributed by atoms with van der Waals surface area (Å²) in [6.45, 7) is 1.43. The summed E-state index contributed by atoms with van der Waals surface area (Å²) in [6.07, 6.45) is 1.51. The summed E-state index contributed by atoms with van der Waals surface area (Å²) in [4.78, 5) is 50.5. The van der Waals surface area contributed by atoms with Gasteiger partial charge in [-0.05, 0) is 31.9 Å². The molecule has 126 valence electrons. The summed E-state index contributed by atoms with van der Waals surface area (Å²) >= 11 is 0. The van der Waals surface area contributed by atoms with E-state index in [1.807, 2.05) is 0 Å². The third-order valence-corrected chi connectivity index (χ3v) is 4.43. The number of carbonyl (C=O) groups excluding carboxylic acids is 3. The van der Waals surface area contributed by atoms with Crippen molar-refractivity contribution in [1.29, 1.82) is 0 Å². The van der Waals surface area contributed by atoms with Crippen molar-refractivity contribution in [2.45, 2.75) is 38.3 Å². The molecule has 0 bridgehead atoms. The largest absolute Gasteiger partial charge is 0.480 e. The molecule has 1 atom stereocenters. The molecule has 0 radical (unpaired) electrons. The van der Waals surface area contributed by atoms with E-state index in [4.69, 9.17) is 5.11 Å². The minimum absolute atomic E-state index is 0.0409. The molecule has 3 amide bonds. The normalized spacial score (nSPS) is 17.6. The number of rotatable bonds is 6. The van der Waals surface area contributed by atoms with Crippen molar-refractivity contribution in [2.24, 2.45) is 0 Å². The summed E-state index contributed by atoms with van der Waals surface area (Å²) < 4.78 is 0. The Hall–Kier alpha value is -2.70. The molecule has 2 aliphatic rings. The van der Waals surface area contributed by atoms with Gasteiger partial charge < -0.3 is 10.0 Å². The summed E-state index contributed by atoms with van der Waals surface area (Å²) in [6, 6.07) is 5.57. The highest BCUT2D eigenvalue weighted by Crippen LogP contribution is 2.30. The number of aliphatic carboxylic acids is 1. The SMILES string of the molecule is CC(C(=O)O)N(C(=O)CCN1C(=O)c2ccccc2C1=O)C1CC1. The van der Waals surface area contributed by atoms with Crippen LogP contribution in [-0.4, -0.2) is 57.2 Å². The molecule has 1 unspecified atom stereocenters. The molecule has 3 rings (SSSR count). The number of carboxylic acid groups (broad SMARTS) is 1. The van der Waals surface area contributed by atoms with E-state index in [-0.39, 0.29) is 24.9 Å². The van der Waals surface area contributed by atoms with Gasteiger partial charge >= 0.3 is 5.97 Å². The second-order valence-corrected chi connectivity index (χ2v) is 6.10. The number of benzene rings is 1. The summed E-state index contributed by atoms with van der Waals surface area (Å²) in [7, 11) is 0. The number of amides is 3. The first-order chi connectivity index (χ1) is 11.4. The molecule has 1 aliphatic carbocycles. The van der Waals surface area contributed by atoms with Crippen molar-refractivity contribution in [3.8, 4) is 0 Å². The molecule has 1 aromatic rings. The molecular weight excluding hydrogens is 312 g/mol. The molecule has 7 heteroatoms. The van der Waals surface area contributed by atoms with Gasteiger partial charge in [0.05, 0.1) is 11.1 Å². The Labute approximate surface area is 138 Å². The van der Waals surface area contributed by atoms with Gasteiger partial charge in [0, 0.05) is 19.0 Å². The fourth-order valence-electron chi connectivity index (χ4n) is 2.99. The predicted octanol–water partition coefficient (Wildman–Crippen LogP) is 1.14. The standard InChI is InChI=1S/C17H18N2O5/c1-10(17(23)24)19(11-6-7-11)14(20)8-9-18-15(21)12-4-2-3-5-13(12)16(18)22/h2-5,10-11H,6-9H2,1H3,(H,23,24). The van der Waals surface area contributed by atoms with Crippen LogP contribution < -0.4 is 0 Å². The van der Waals surface area contributed by atoms with E-state index in [2.05, 4.69) is 0 Å². The Bertz CT molecular complexity index is 690. The zero-order chi connectivity index (χ0) is 17.4. The van der Waals surface area contributed by atoms with Gasteiger partial charge in [0.15, 0.2) is 0 Å². The van der Waals surface area contributed by atoms with Crippen molar-refractivity contribution in [1.82, 2.24) is 9.80 Å². The minimum atomic E-state index is -1.06. The van der Waals surface area contributed by atoms with E-state index >= 15 is 0 Å². The molecule has 1 aromatic carbocycles. The zero-order valence-corrected chi connectivity index (χ0v) is 13.3. The van der Waals surface area contributed by atoms with Crippen LogP contribution in [0.4, 0.5) is 0 Å². The molecule has 7 nitrogen and oxygen atoms in total. The van der Waals surface area contributed by atoms with Gasteiger partial charge in [0.1, 0.15) is 6.04 Å². The van der Waals surface area contributed by atoms with Crippen LogP contribution in [0.1, 0.15) is 46.9 Å². The predicted molar refractivity (Wildman–Crippen MR) is 83.4 cm³/mol. The highest BCUT2D eigenvalue weighted by Gasteiger charge is 2.40. The fraction of sp³-hybridized carbons (Fsp3) is 0.412. The molecule has 1 aliphatic heterocycles. The van der Waals surface area contributed by atoms with E-state index in [0.717, 1.165) is 17.7 Å². The molecule has 0 spiro atoms. The topological polar surface area (TPSA) is 95.0 Å². The van der Waals surface area contributed by atoms with E-state index in [0.29, 0.717) is 11.1 Å². The molecule has 1 saturated carbocycles. The number of hydrogen-bond donors (Lipinski definition) is 1. The first-order valence-electron chi connectivity index (χ1n) is 7.91. The lowest BCUT2D eigenvalue weighted by molar-refractivity contribution is -0.150. The smallest absolute Gasteiger partial charge is 0.326 e. The second kappa shape index (κ2) is 6.07. The van der Waals surface area contributed by atoms with Crippen LogP contribution in [-0.2, 0) is 9.59 Å². The molecule has 0 aromatic heterocycles. The lowest BCUT2D eigenvalue weighted by atomic mass is 10.1. The van der Waals surface area contributed by atoms with Gasteiger partial charge in [0.2, 0.25) is 5.91 Å². The zero-order valence-electron chi connectivity index (χ0n) is 13.3. The third-order valence-electron chi connectivity index (χ3n) is 4.43. The van der Waals surface area contributed by atoms with Gasteiger partial charge in [-0.2, -0.15) is 0 Å². The molecular formula is C17H18N2O5. The van der Waals surface area contributed by atoms with Crippen LogP contribution in [0, 0.1) is 0 Å². The molecule has 0 saturated heterocycles. The molecule has 1 heterocycles. The Morgan fingerprint density at radius 3 is 2.21 bits per heavy atom. The third kappa shape index (κ3) is 2.77. The van der Waals surface area contributed by atoms with E-state index < -0.39 is 23.8 Å². The lowest BCUT2D eigenvalue weighted by Crippen LogP contribution is -2.46. The van der Waals surface area contributed by atoms with Crippen LogP contribution in [0.2, 0.25) is 0 Å². The van der Waals surface area contributed by atoms with Crippen molar-refractivity contribution in [3.63, 3.8) is 0 Å². The number of carbonyl (C=O) groups is 4. The number of imide groups is 1. The maximum Gasteiger partial charge on any atom is 0.326 e. The summed E-state index contributed by atoms with van der Waals surface area (Å²) in [5, 5.41) is 9.15. The van der Waals surface area contributed by atoms with Crippen LogP contribution in [0.5, 0.6) is 0 Å². The number of fused-ring (bicyclic) bond motifs is 1.